The van der Waals surface area contributed by atoms with E-state index in [4.69, 9.17) is 32.7 Å². The minimum absolute atomic E-state index is 0.180. The standard InChI is InChI=1S/C19H15Cl2N5O3/c1-28-18-19(29-2)23-15-12(22-18)8-11(20)14(21)16(15)26-13(9-27)24-25-17(26)10-6-4-3-5-7-10/h3-8,27H,9H2,1-2H3. The van der Waals surface area contributed by atoms with Crippen molar-refractivity contribution in [2.24, 2.45) is 0 Å². The third kappa shape index (κ3) is 3.25. The third-order valence-corrected chi connectivity index (χ3v) is 5.06. The Kier molecular flexibility index (Phi) is 5.23. The molecular formula is C19H15Cl2N5O3. The van der Waals surface area contributed by atoms with Gasteiger partial charge in [-0.15, -0.1) is 10.2 Å². The Morgan fingerprint density at radius 2 is 1.69 bits per heavy atom. The van der Waals surface area contributed by atoms with Crippen molar-refractivity contribution in [1.82, 2.24) is 24.7 Å². The Bertz CT molecular complexity index is 1200. The van der Waals surface area contributed by atoms with E-state index < -0.39 is 0 Å². The van der Waals surface area contributed by atoms with E-state index in [9.17, 15) is 5.11 Å². The largest absolute Gasteiger partial charge is 0.477 e. The molecule has 0 bridgehead atoms. The van der Waals surface area contributed by atoms with Gasteiger partial charge < -0.3 is 14.6 Å². The normalized spacial score (nSPS) is 11.1. The predicted molar refractivity (Wildman–Crippen MR) is 109 cm³/mol. The van der Waals surface area contributed by atoms with Crippen molar-refractivity contribution in [3.63, 3.8) is 0 Å². The molecule has 0 spiro atoms. The van der Waals surface area contributed by atoms with Gasteiger partial charge in [0.1, 0.15) is 12.1 Å². The average Bonchev–Trinajstić information content (AvgIpc) is 3.18. The van der Waals surface area contributed by atoms with Gasteiger partial charge in [0, 0.05) is 5.56 Å². The molecule has 2 aromatic carbocycles. The lowest BCUT2D eigenvalue weighted by Gasteiger charge is -2.16. The Hall–Kier alpha value is -2.94. The van der Waals surface area contributed by atoms with Gasteiger partial charge in [-0.05, 0) is 6.07 Å². The highest BCUT2D eigenvalue weighted by Crippen LogP contribution is 2.39. The number of methoxy groups -OCH3 is 2. The molecule has 8 nitrogen and oxygen atoms in total. The summed E-state index contributed by atoms with van der Waals surface area (Å²) < 4.78 is 12.1. The summed E-state index contributed by atoms with van der Waals surface area (Å²) in [5.41, 5.74) is 1.99. The van der Waals surface area contributed by atoms with Gasteiger partial charge in [-0.1, -0.05) is 53.5 Å². The summed E-state index contributed by atoms with van der Waals surface area (Å²) in [6.45, 7) is -0.370. The highest BCUT2D eigenvalue weighted by atomic mass is 35.5. The van der Waals surface area contributed by atoms with Gasteiger partial charge in [-0.3, -0.25) is 4.57 Å². The van der Waals surface area contributed by atoms with Crippen LogP contribution in [-0.2, 0) is 6.61 Å². The quantitative estimate of drug-likeness (QED) is 0.514. The molecule has 0 unspecified atom stereocenters. The van der Waals surface area contributed by atoms with Crippen LogP contribution in [0.4, 0.5) is 0 Å². The summed E-state index contributed by atoms with van der Waals surface area (Å²) in [6, 6.07) is 11.0. The van der Waals surface area contributed by atoms with Crippen molar-refractivity contribution in [3.8, 4) is 28.8 Å². The molecule has 0 amide bonds. The molecule has 0 fully saturated rings. The Morgan fingerprint density at radius 3 is 2.34 bits per heavy atom. The molecule has 0 aliphatic carbocycles. The number of ether oxygens (including phenoxy) is 2. The molecule has 0 aliphatic heterocycles. The summed E-state index contributed by atoms with van der Waals surface area (Å²) in [6.07, 6.45) is 0. The van der Waals surface area contributed by atoms with Crippen LogP contribution in [-0.4, -0.2) is 44.1 Å². The first-order valence-corrected chi connectivity index (χ1v) is 9.23. The maximum atomic E-state index is 9.88. The summed E-state index contributed by atoms with van der Waals surface area (Å²) in [7, 11) is 2.93. The van der Waals surface area contributed by atoms with E-state index in [0.29, 0.717) is 22.5 Å². The zero-order valence-electron chi connectivity index (χ0n) is 15.4. The molecule has 0 radical (unpaired) electrons. The monoisotopic (exact) mass is 431 g/mol. The number of hydrogen-bond donors (Lipinski definition) is 1. The van der Waals surface area contributed by atoms with E-state index in [0.717, 1.165) is 5.56 Å². The van der Waals surface area contributed by atoms with Crippen molar-refractivity contribution in [2.75, 3.05) is 14.2 Å². The van der Waals surface area contributed by atoms with Gasteiger partial charge in [-0.25, -0.2) is 9.97 Å². The summed E-state index contributed by atoms with van der Waals surface area (Å²) >= 11 is 13.0. The zero-order chi connectivity index (χ0) is 20.5. The van der Waals surface area contributed by atoms with Crippen LogP contribution in [0, 0.1) is 0 Å². The third-order valence-electron chi connectivity index (χ3n) is 4.28. The first-order valence-electron chi connectivity index (χ1n) is 8.47. The molecule has 0 saturated heterocycles. The number of nitrogens with zero attached hydrogens (tertiary/aromatic N) is 5. The lowest BCUT2D eigenvalue weighted by atomic mass is 10.2. The van der Waals surface area contributed by atoms with Crippen LogP contribution in [0.2, 0.25) is 10.0 Å². The topological polar surface area (TPSA) is 95.2 Å². The van der Waals surface area contributed by atoms with Crippen molar-refractivity contribution < 1.29 is 14.6 Å². The summed E-state index contributed by atoms with van der Waals surface area (Å²) in [5.74, 6) is 1.13. The SMILES string of the molecule is COc1nc2cc(Cl)c(Cl)c(-n3c(CO)nnc3-c3ccccc3)c2nc1OC. The Labute approximate surface area is 175 Å². The highest BCUT2D eigenvalue weighted by Gasteiger charge is 2.24. The maximum Gasteiger partial charge on any atom is 0.278 e. The molecule has 148 valence electrons. The number of aromatic nitrogens is 5. The van der Waals surface area contributed by atoms with Gasteiger partial charge in [-0.2, -0.15) is 0 Å². The van der Waals surface area contributed by atoms with Crippen molar-refractivity contribution in [2.45, 2.75) is 6.61 Å². The molecular weight excluding hydrogens is 417 g/mol. The van der Waals surface area contributed by atoms with Crippen LogP contribution < -0.4 is 9.47 Å². The molecule has 1 N–H and O–H groups in total. The van der Waals surface area contributed by atoms with E-state index >= 15 is 0 Å². The fourth-order valence-electron chi connectivity index (χ4n) is 2.99. The second-order valence-electron chi connectivity index (χ2n) is 5.93. The van der Waals surface area contributed by atoms with Gasteiger partial charge >= 0.3 is 0 Å². The molecule has 29 heavy (non-hydrogen) atoms. The van der Waals surface area contributed by atoms with Crippen LogP contribution >= 0.6 is 23.2 Å². The van der Waals surface area contributed by atoms with Gasteiger partial charge in [0.2, 0.25) is 0 Å². The molecule has 4 aromatic rings. The number of aliphatic hydroxyl groups is 1. The van der Waals surface area contributed by atoms with Crippen LogP contribution in [0.3, 0.4) is 0 Å². The van der Waals surface area contributed by atoms with E-state index in [1.165, 1.54) is 14.2 Å². The number of fused-ring (bicyclic) bond motifs is 1. The van der Waals surface area contributed by atoms with Crippen LogP contribution in [0.5, 0.6) is 11.8 Å². The van der Waals surface area contributed by atoms with E-state index in [1.807, 2.05) is 30.3 Å². The lowest BCUT2D eigenvalue weighted by Crippen LogP contribution is -2.07. The zero-order valence-corrected chi connectivity index (χ0v) is 16.9. The maximum absolute atomic E-state index is 9.88. The fourth-order valence-corrected chi connectivity index (χ4v) is 3.41. The van der Waals surface area contributed by atoms with Crippen molar-refractivity contribution >= 4 is 34.2 Å². The molecule has 0 saturated carbocycles. The number of rotatable bonds is 5. The minimum atomic E-state index is -0.370. The second-order valence-corrected chi connectivity index (χ2v) is 6.72. The molecule has 4 rings (SSSR count). The summed E-state index contributed by atoms with van der Waals surface area (Å²) in [5, 5.41) is 18.7. The number of aliphatic hydroxyl groups excluding tert-OH is 1. The van der Waals surface area contributed by atoms with Gasteiger partial charge in [0.05, 0.1) is 35.5 Å². The molecule has 2 heterocycles. The molecule has 2 aromatic heterocycles. The number of hydrogen-bond acceptors (Lipinski definition) is 7. The Balaban J connectivity index is 2.12. The van der Waals surface area contributed by atoms with Crippen LogP contribution in [0.1, 0.15) is 5.82 Å². The van der Waals surface area contributed by atoms with E-state index in [2.05, 4.69) is 20.2 Å². The van der Waals surface area contributed by atoms with Crippen molar-refractivity contribution in [3.05, 3.63) is 52.3 Å². The van der Waals surface area contributed by atoms with E-state index in [-0.39, 0.29) is 34.2 Å². The van der Waals surface area contributed by atoms with Gasteiger partial charge in [0.25, 0.3) is 11.8 Å². The number of benzene rings is 2. The number of halogens is 2. The smallest absolute Gasteiger partial charge is 0.278 e. The van der Waals surface area contributed by atoms with Gasteiger partial charge in [0.15, 0.2) is 11.6 Å². The first kappa shape index (κ1) is 19.4. The highest BCUT2D eigenvalue weighted by molar-refractivity contribution is 6.44. The minimum Gasteiger partial charge on any atom is -0.477 e. The molecule has 0 aliphatic rings. The predicted octanol–water partition coefficient (Wildman–Crippen LogP) is 3.69. The van der Waals surface area contributed by atoms with Crippen molar-refractivity contribution in [1.29, 1.82) is 0 Å². The van der Waals surface area contributed by atoms with Crippen LogP contribution in [0.25, 0.3) is 28.1 Å². The second kappa shape index (κ2) is 7.82. The summed E-state index contributed by atoms with van der Waals surface area (Å²) in [4.78, 5) is 8.95. The Morgan fingerprint density at radius 1 is 1.00 bits per heavy atom. The van der Waals surface area contributed by atoms with Crippen LogP contribution in [0.15, 0.2) is 36.4 Å². The molecule has 0 atom stereocenters. The molecule has 10 heteroatoms. The van der Waals surface area contributed by atoms with E-state index in [1.54, 1.807) is 10.6 Å². The fraction of sp³-hybridized carbons (Fsp3) is 0.158. The lowest BCUT2D eigenvalue weighted by molar-refractivity contribution is 0.269. The first-order chi connectivity index (χ1) is 14.1. The average molecular weight is 432 g/mol.